The van der Waals surface area contributed by atoms with E-state index in [0.29, 0.717) is 12.1 Å². The molecular formula is C24H20N4O. The molecule has 3 aromatic carbocycles. The van der Waals surface area contributed by atoms with Crippen LogP contribution in [0.15, 0.2) is 85.2 Å². The highest BCUT2D eigenvalue weighted by atomic mass is 16.1. The number of aromatic nitrogens is 3. The molecule has 0 fully saturated rings. The summed E-state index contributed by atoms with van der Waals surface area (Å²) in [7, 11) is 0. The molecule has 0 saturated heterocycles. The van der Waals surface area contributed by atoms with Gasteiger partial charge in [-0.25, -0.2) is 4.68 Å². The molecule has 0 unspecified atom stereocenters. The number of aromatic amines is 1. The molecule has 0 aliphatic rings. The fourth-order valence-corrected chi connectivity index (χ4v) is 3.70. The Kier molecular flexibility index (Phi) is 4.33. The number of rotatable bonds is 5. The van der Waals surface area contributed by atoms with Crippen LogP contribution in [0.3, 0.4) is 0 Å². The molecule has 0 saturated carbocycles. The van der Waals surface area contributed by atoms with Gasteiger partial charge < -0.3 is 10.3 Å². The van der Waals surface area contributed by atoms with Crippen molar-refractivity contribution in [2.75, 3.05) is 6.54 Å². The summed E-state index contributed by atoms with van der Waals surface area (Å²) in [4.78, 5) is 16.2. The summed E-state index contributed by atoms with van der Waals surface area (Å²) in [6.07, 6.45) is 4.73. The quantitative estimate of drug-likeness (QED) is 0.472. The van der Waals surface area contributed by atoms with Gasteiger partial charge in [0.25, 0.3) is 5.91 Å². The van der Waals surface area contributed by atoms with Crippen molar-refractivity contribution in [1.82, 2.24) is 20.1 Å². The average molecular weight is 380 g/mol. The van der Waals surface area contributed by atoms with Crippen LogP contribution in [0.4, 0.5) is 0 Å². The molecule has 5 rings (SSSR count). The van der Waals surface area contributed by atoms with Crippen molar-refractivity contribution >= 4 is 27.7 Å². The minimum atomic E-state index is -0.0972. The van der Waals surface area contributed by atoms with Gasteiger partial charge in [-0.15, -0.1) is 0 Å². The van der Waals surface area contributed by atoms with Gasteiger partial charge in [-0.2, -0.15) is 5.10 Å². The summed E-state index contributed by atoms with van der Waals surface area (Å²) in [6.45, 7) is 0.566. The molecule has 142 valence electrons. The first-order valence-corrected chi connectivity index (χ1v) is 9.66. The number of H-pyrrole nitrogens is 1. The van der Waals surface area contributed by atoms with Gasteiger partial charge in [-0.3, -0.25) is 4.79 Å². The second-order valence-corrected chi connectivity index (χ2v) is 7.02. The van der Waals surface area contributed by atoms with E-state index in [1.165, 1.54) is 10.9 Å². The molecule has 2 heterocycles. The Morgan fingerprint density at radius 2 is 1.76 bits per heavy atom. The predicted molar refractivity (Wildman–Crippen MR) is 115 cm³/mol. The maximum atomic E-state index is 12.9. The Morgan fingerprint density at radius 3 is 2.69 bits per heavy atom. The second kappa shape index (κ2) is 7.28. The van der Waals surface area contributed by atoms with Crippen molar-refractivity contribution in [3.05, 3.63) is 96.3 Å². The van der Waals surface area contributed by atoms with E-state index in [1.807, 2.05) is 73.1 Å². The van der Waals surface area contributed by atoms with Crippen LogP contribution < -0.4 is 5.32 Å². The van der Waals surface area contributed by atoms with E-state index in [9.17, 15) is 4.79 Å². The second-order valence-electron chi connectivity index (χ2n) is 7.02. The number of fused-ring (bicyclic) bond motifs is 2. The number of carbonyl (C=O) groups is 1. The number of nitrogens with one attached hydrogen (secondary N) is 2. The van der Waals surface area contributed by atoms with Crippen molar-refractivity contribution < 1.29 is 4.79 Å². The Hall–Kier alpha value is -3.86. The summed E-state index contributed by atoms with van der Waals surface area (Å²) in [5.41, 5.74) is 4.60. The minimum absolute atomic E-state index is 0.0972. The van der Waals surface area contributed by atoms with E-state index < -0.39 is 0 Å². The molecule has 0 radical (unpaired) electrons. The molecule has 0 aliphatic heterocycles. The first kappa shape index (κ1) is 17.3. The number of hydrogen-bond donors (Lipinski definition) is 2. The lowest BCUT2D eigenvalue weighted by molar-refractivity contribution is 0.0954. The van der Waals surface area contributed by atoms with Gasteiger partial charge in [0.05, 0.1) is 16.8 Å². The third-order valence-corrected chi connectivity index (χ3v) is 5.16. The van der Waals surface area contributed by atoms with Crippen LogP contribution in [0.1, 0.15) is 15.9 Å². The third kappa shape index (κ3) is 3.27. The van der Waals surface area contributed by atoms with Gasteiger partial charge in [-0.05, 0) is 36.2 Å². The first-order valence-electron chi connectivity index (χ1n) is 9.66. The molecule has 0 aliphatic carbocycles. The zero-order chi connectivity index (χ0) is 19.6. The Balaban J connectivity index is 1.35. The minimum Gasteiger partial charge on any atom is -0.361 e. The van der Waals surface area contributed by atoms with Gasteiger partial charge in [0, 0.05) is 35.2 Å². The van der Waals surface area contributed by atoms with Crippen molar-refractivity contribution in [3.63, 3.8) is 0 Å². The lowest BCUT2D eigenvalue weighted by Gasteiger charge is -2.10. The van der Waals surface area contributed by atoms with Crippen molar-refractivity contribution in [2.24, 2.45) is 0 Å². The largest absolute Gasteiger partial charge is 0.361 e. The van der Waals surface area contributed by atoms with Gasteiger partial charge in [0.2, 0.25) is 0 Å². The number of para-hydroxylation sites is 2. The van der Waals surface area contributed by atoms with E-state index in [4.69, 9.17) is 0 Å². The van der Waals surface area contributed by atoms with Crippen LogP contribution in [0.5, 0.6) is 0 Å². The highest BCUT2D eigenvalue weighted by Crippen LogP contribution is 2.20. The highest BCUT2D eigenvalue weighted by molar-refractivity contribution is 5.98. The number of benzene rings is 3. The summed E-state index contributed by atoms with van der Waals surface area (Å²) in [5.74, 6) is -0.0972. The molecule has 1 amide bonds. The molecule has 2 aromatic heterocycles. The van der Waals surface area contributed by atoms with Crippen LogP contribution in [0.2, 0.25) is 0 Å². The Labute approximate surface area is 168 Å². The molecule has 5 aromatic rings. The van der Waals surface area contributed by atoms with Crippen LogP contribution in [-0.2, 0) is 6.42 Å². The maximum absolute atomic E-state index is 12.9. The molecule has 0 spiro atoms. The lowest BCUT2D eigenvalue weighted by Crippen LogP contribution is -2.26. The highest BCUT2D eigenvalue weighted by Gasteiger charge is 2.13. The van der Waals surface area contributed by atoms with E-state index in [2.05, 4.69) is 27.5 Å². The monoisotopic (exact) mass is 380 g/mol. The van der Waals surface area contributed by atoms with Gasteiger partial charge in [0.1, 0.15) is 0 Å². The van der Waals surface area contributed by atoms with Crippen molar-refractivity contribution in [1.29, 1.82) is 0 Å². The van der Waals surface area contributed by atoms with Crippen LogP contribution in [0, 0.1) is 0 Å². The van der Waals surface area contributed by atoms with E-state index >= 15 is 0 Å². The summed E-state index contributed by atoms with van der Waals surface area (Å²) in [6, 6.07) is 23.7. The van der Waals surface area contributed by atoms with Crippen LogP contribution in [0.25, 0.3) is 27.5 Å². The fraction of sp³-hybridized carbons (Fsp3) is 0.0833. The van der Waals surface area contributed by atoms with E-state index in [-0.39, 0.29) is 5.91 Å². The number of amides is 1. The van der Waals surface area contributed by atoms with Gasteiger partial charge >= 0.3 is 0 Å². The number of carbonyl (C=O) groups excluding carboxylic acids is 1. The normalized spacial score (nSPS) is 11.2. The fourth-order valence-electron chi connectivity index (χ4n) is 3.70. The van der Waals surface area contributed by atoms with Crippen molar-refractivity contribution in [3.8, 4) is 5.69 Å². The molecular weight excluding hydrogens is 360 g/mol. The zero-order valence-corrected chi connectivity index (χ0v) is 15.8. The van der Waals surface area contributed by atoms with Gasteiger partial charge in [0.15, 0.2) is 0 Å². The number of nitrogens with zero attached hydrogens (tertiary/aromatic N) is 2. The molecule has 0 atom stereocenters. The van der Waals surface area contributed by atoms with E-state index in [1.54, 1.807) is 4.68 Å². The smallest absolute Gasteiger partial charge is 0.253 e. The average Bonchev–Trinajstić information content (AvgIpc) is 3.38. The number of hydrogen-bond acceptors (Lipinski definition) is 2. The Morgan fingerprint density at radius 1 is 0.966 bits per heavy atom. The maximum Gasteiger partial charge on any atom is 0.253 e. The first-order chi connectivity index (χ1) is 14.3. The Bertz CT molecular complexity index is 1280. The van der Waals surface area contributed by atoms with Crippen LogP contribution >= 0.6 is 0 Å². The third-order valence-electron chi connectivity index (χ3n) is 5.16. The standard InChI is InChI=1S/C24H20N4O/c29-24(25-14-13-17-15-26-22-11-5-2-8-19(17)22)20-9-3-6-12-23(20)28-16-18-7-1-4-10-21(18)27-28/h1-12,15-16,26H,13-14H2,(H,25,29). The summed E-state index contributed by atoms with van der Waals surface area (Å²) >= 11 is 0. The SMILES string of the molecule is O=C(NCCc1c[nH]c2ccccc12)c1ccccc1-n1cc2ccccc2n1. The van der Waals surface area contributed by atoms with Gasteiger partial charge in [-0.1, -0.05) is 48.5 Å². The molecule has 5 heteroatoms. The molecule has 5 nitrogen and oxygen atoms in total. The topological polar surface area (TPSA) is 62.7 Å². The summed E-state index contributed by atoms with van der Waals surface area (Å²) < 4.78 is 1.78. The summed E-state index contributed by atoms with van der Waals surface area (Å²) in [5, 5.41) is 9.91. The van der Waals surface area contributed by atoms with E-state index in [0.717, 1.165) is 28.5 Å². The molecule has 29 heavy (non-hydrogen) atoms. The van der Waals surface area contributed by atoms with Crippen molar-refractivity contribution in [2.45, 2.75) is 6.42 Å². The van der Waals surface area contributed by atoms with Crippen LogP contribution in [-0.4, -0.2) is 27.2 Å². The molecule has 2 N–H and O–H groups in total. The lowest BCUT2D eigenvalue weighted by atomic mass is 10.1. The zero-order valence-electron chi connectivity index (χ0n) is 15.8. The predicted octanol–water partition coefficient (Wildman–Crippen LogP) is 4.48. The molecule has 0 bridgehead atoms.